The normalized spacial score (nSPS) is 13.7. The van der Waals surface area contributed by atoms with Gasteiger partial charge in [-0.2, -0.15) is 0 Å². The van der Waals surface area contributed by atoms with E-state index in [1.807, 2.05) is 0 Å². The molecule has 0 bridgehead atoms. The van der Waals surface area contributed by atoms with Gasteiger partial charge in [-0.15, -0.1) is 0 Å². The monoisotopic (exact) mass is 425 g/mol. The van der Waals surface area contributed by atoms with Crippen molar-refractivity contribution in [3.8, 4) is 0 Å². The van der Waals surface area contributed by atoms with Crippen molar-refractivity contribution in [3.05, 3.63) is 114 Å². The van der Waals surface area contributed by atoms with Crippen LogP contribution in [0, 0.1) is 0 Å². The van der Waals surface area contributed by atoms with Crippen molar-refractivity contribution < 1.29 is 0 Å². The number of benzene rings is 3. The first kappa shape index (κ1) is 21.6. The van der Waals surface area contributed by atoms with E-state index >= 15 is 0 Å². The van der Waals surface area contributed by atoms with Crippen LogP contribution in [0.5, 0.6) is 0 Å². The summed E-state index contributed by atoms with van der Waals surface area (Å²) in [6, 6.07) is 28.7. The molecular formula is C29H32NP. The van der Waals surface area contributed by atoms with E-state index in [1.54, 1.807) is 0 Å². The Morgan fingerprint density at radius 1 is 0.677 bits per heavy atom. The van der Waals surface area contributed by atoms with Crippen molar-refractivity contribution in [1.82, 2.24) is 0 Å². The number of allylic oxidation sites excluding steroid dienone is 4. The summed E-state index contributed by atoms with van der Waals surface area (Å²) in [6.07, 6.45) is 7.73. The highest BCUT2D eigenvalue weighted by Gasteiger charge is 2.31. The number of hydrogen-bond acceptors (Lipinski definition) is 1. The van der Waals surface area contributed by atoms with E-state index in [4.69, 9.17) is 4.74 Å². The van der Waals surface area contributed by atoms with E-state index in [9.17, 15) is 0 Å². The summed E-state index contributed by atoms with van der Waals surface area (Å²) in [5, 5.41) is 4.08. The summed E-state index contributed by atoms with van der Waals surface area (Å²) in [5.74, 6) is 0.836. The molecule has 0 N–H and O–H groups in total. The molecule has 1 aliphatic rings. The molecule has 0 aromatic heterocycles. The molecule has 0 spiro atoms. The fraction of sp³-hybridized carbons (Fsp3) is 0.241. The predicted molar refractivity (Wildman–Crippen MR) is 138 cm³/mol. The largest absolute Gasteiger partial charge is 0.254 e. The molecule has 0 aliphatic heterocycles. The maximum absolute atomic E-state index is 5.86. The van der Waals surface area contributed by atoms with Crippen molar-refractivity contribution in [2.24, 2.45) is 4.74 Å². The molecule has 0 saturated carbocycles. The Morgan fingerprint density at radius 2 is 1.19 bits per heavy atom. The third-order valence-corrected chi connectivity index (χ3v) is 9.77. The van der Waals surface area contributed by atoms with Gasteiger partial charge in [0.05, 0.1) is 12.7 Å². The molecule has 158 valence electrons. The standard InChI is InChI=1S/C29H32NP/c1-22(2)27-20-13-21-28(23(3)4)29(27)30-31(26-18-11-12-19-26,24-14-7-5-8-15-24)25-16-9-6-10-17-25/h5-18,20-23H,19H2,1-4H3. The van der Waals surface area contributed by atoms with Crippen molar-refractivity contribution in [2.75, 3.05) is 0 Å². The maximum Gasteiger partial charge on any atom is 0.0694 e. The highest BCUT2D eigenvalue weighted by molar-refractivity contribution is 7.84. The van der Waals surface area contributed by atoms with E-state index in [0.717, 1.165) is 6.42 Å². The van der Waals surface area contributed by atoms with Crippen LogP contribution in [0.2, 0.25) is 0 Å². The van der Waals surface area contributed by atoms with E-state index in [0.29, 0.717) is 11.8 Å². The average molecular weight is 426 g/mol. The second-order valence-electron chi connectivity index (χ2n) is 8.79. The Labute approximate surface area is 187 Å². The maximum atomic E-state index is 5.86. The lowest BCUT2D eigenvalue weighted by Gasteiger charge is -2.29. The zero-order valence-corrected chi connectivity index (χ0v) is 19.9. The summed E-state index contributed by atoms with van der Waals surface area (Å²) in [5.41, 5.74) is 3.88. The Hall–Kier alpha value is -2.63. The summed E-state index contributed by atoms with van der Waals surface area (Å²) in [4.78, 5) is 0. The number of rotatable bonds is 6. The van der Waals surface area contributed by atoms with Crippen LogP contribution in [0.4, 0.5) is 5.69 Å². The highest BCUT2D eigenvalue weighted by Crippen LogP contribution is 2.60. The molecule has 3 aromatic rings. The molecular weight excluding hydrogens is 393 g/mol. The van der Waals surface area contributed by atoms with Crippen LogP contribution in [-0.2, 0) is 0 Å². The lowest BCUT2D eigenvalue weighted by Crippen LogP contribution is -2.17. The van der Waals surface area contributed by atoms with E-state index in [-0.39, 0.29) is 0 Å². The lowest BCUT2D eigenvalue weighted by atomic mass is 9.93. The number of nitrogens with zero attached hydrogens (tertiary/aromatic N) is 1. The third-order valence-electron chi connectivity index (χ3n) is 6.02. The summed E-state index contributed by atoms with van der Waals surface area (Å²) < 4.78 is 5.86. The SMILES string of the molecule is CC(C)c1cccc(C(C)C)c1N=P(C1=CC=CC1)(c1ccccc1)c1ccccc1. The molecule has 0 fully saturated rings. The zero-order valence-electron chi connectivity index (χ0n) is 19.0. The molecule has 0 amide bonds. The first-order chi connectivity index (χ1) is 15.0. The Balaban J connectivity index is 2.17. The second kappa shape index (κ2) is 9.25. The third kappa shape index (κ3) is 4.12. The smallest absolute Gasteiger partial charge is 0.0694 e. The lowest BCUT2D eigenvalue weighted by molar-refractivity contribution is 0.835. The molecule has 2 heteroatoms. The minimum atomic E-state index is -2.18. The molecule has 0 radical (unpaired) electrons. The van der Waals surface area contributed by atoms with Crippen molar-refractivity contribution >= 4 is 23.4 Å². The minimum Gasteiger partial charge on any atom is -0.254 e. The summed E-state index contributed by atoms with van der Waals surface area (Å²) in [7, 11) is -2.18. The van der Waals surface area contributed by atoms with Gasteiger partial charge in [0.25, 0.3) is 0 Å². The minimum absolute atomic E-state index is 0.418. The molecule has 0 saturated heterocycles. The van der Waals surface area contributed by atoms with Crippen molar-refractivity contribution in [1.29, 1.82) is 0 Å². The summed E-state index contributed by atoms with van der Waals surface area (Å²) >= 11 is 0. The van der Waals surface area contributed by atoms with E-state index in [2.05, 4.69) is 125 Å². The van der Waals surface area contributed by atoms with Crippen LogP contribution in [0.3, 0.4) is 0 Å². The molecule has 31 heavy (non-hydrogen) atoms. The molecule has 1 nitrogen and oxygen atoms in total. The first-order valence-electron chi connectivity index (χ1n) is 11.3. The molecule has 3 aromatic carbocycles. The number of hydrogen-bond donors (Lipinski definition) is 0. The van der Waals surface area contributed by atoms with Gasteiger partial charge in [0, 0.05) is 10.6 Å². The molecule has 0 atom stereocenters. The topological polar surface area (TPSA) is 12.4 Å². The van der Waals surface area contributed by atoms with Crippen LogP contribution in [0.25, 0.3) is 0 Å². The predicted octanol–water partition coefficient (Wildman–Crippen LogP) is 8.26. The fourth-order valence-corrected chi connectivity index (χ4v) is 8.13. The van der Waals surface area contributed by atoms with Crippen molar-refractivity contribution in [2.45, 2.75) is 46.0 Å². The Morgan fingerprint density at radius 3 is 1.61 bits per heavy atom. The second-order valence-corrected chi connectivity index (χ2v) is 11.9. The van der Waals surface area contributed by atoms with Gasteiger partial charge in [-0.3, -0.25) is 4.74 Å². The highest BCUT2D eigenvalue weighted by atomic mass is 31.2. The molecule has 0 heterocycles. The van der Waals surface area contributed by atoms with Crippen LogP contribution < -0.4 is 10.6 Å². The van der Waals surface area contributed by atoms with Gasteiger partial charge in [0.15, 0.2) is 0 Å². The molecule has 1 aliphatic carbocycles. The average Bonchev–Trinajstić information content (AvgIpc) is 3.33. The fourth-order valence-electron chi connectivity index (χ4n) is 4.40. The van der Waals surface area contributed by atoms with E-state index < -0.39 is 7.05 Å². The van der Waals surface area contributed by atoms with Gasteiger partial charge in [-0.25, -0.2) is 0 Å². The quantitative estimate of drug-likeness (QED) is 0.352. The van der Waals surface area contributed by atoms with Crippen molar-refractivity contribution in [3.63, 3.8) is 0 Å². The van der Waals surface area contributed by atoms with Crippen LogP contribution in [-0.4, -0.2) is 0 Å². The van der Waals surface area contributed by atoms with Gasteiger partial charge >= 0.3 is 0 Å². The van der Waals surface area contributed by atoms with Gasteiger partial charge < -0.3 is 0 Å². The molecule has 4 rings (SSSR count). The Kier molecular flexibility index (Phi) is 6.44. The molecule has 0 unspecified atom stereocenters. The van der Waals surface area contributed by atoms with Gasteiger partial charge in [-0.1, -0.05) is 125 Å². The zero-order chi connectivity index (χ0) is 21.8. The first-order valence-corrected chi connectivity index (χ1v) is 13.0. The van der Waals surface area contributed by atoms with Crippen LogP contribution >= 0.6 is 7.05 Å². The van der Waals surface area contributed by atoms with Gasteiger partial charge in [-0.05, 0) is 34.7 Å². The van der Waals surface area contributed by atoms with E-state index in [1.165, 1.54) is 32.7 Å². The van der Waals surface area contributed by atoms with Crippen LogP contribution in [0.1, 0.15) is 57.1 Å². The summed E-state index contributed by atoms with van der Waals surface area (Å²) in [6.45, 7) is 9.11. The van der Waals surface area contributed by atoms with Gasteiger partial charge in [0.2, 0.25) is 0 Å². The Bertz CT molecular complexity index is 1080. The van der Waals surface area contributed by atoms with Gasteiger partial charge in [0.1, 0.15) is 0 Å². The van der Waals surface area contributed by atoms with Crippen LogP contribution in [0.15, 0.2) is 107 Å².